The van der Waals surface area contributed by atoms with E-state index in [-0.39, 0.29) is 25.9 Å². The van der Waals surface area contributed by atoms with E-state index in [4.69, 9.17) is 61.6 Å². The van der Waals surface area contributed by atoms with Gasteiger partial charge in [0.2, 0.25) is 17.4 Å². The highest BCUT2D eigenvalue weighted by Gasteiger charge is 2.35. The average Bonchev–Trinajstić information content (AvgIpc) is 3.41. The average molecular weight is 1040 g/mol. The van der Waals surface area contributed by atoms with Crippen LogP contribution in [0.5, 0.6) is 11.5 Å². The molecule has 0 aliphatic rings. The summed E-state index contributed by atoms with van der Waals surface area (Å²) in [6.45, 7) is 9.87. The maximum Gasteiger partial charge on any atom is 0.313 e. The van der Waals surface area contributed by atoms with Gasteiger partial charge >= 0.3 is 5.97 Å². The third kappa shape index (κ3) is 24.5. The summed E-state index contributed by atoms with van der Waals surface area (Å²) in [6.07, 6.45) is -0.398. The van der Waals surface area contributed by atoms with Crippen molar-refractivity contribution in [1.82, 2.24) is 5.32 Å². The molecule has 16 nitrogen and oxygen atoms in total. The zero-order valence-corrected chi connectivity index (χ0v) is 41.7. The minimum Gasteiger partial charge on any atom is -0.497 e. The molecule has 406 valence electrons. The SMILES string of the molecule is COc1ccc(C(NCCOCCOCCOCCOCCOCCOCCOCCOCCOCCOCCOCCOCCC(=O)Oc2c(F)c(F)cc(F)c2F)(c2ccccc2)c2ccccc2)cc1. The lowest BCUT2D eigenvalue weighted by molar-refractivity contribution is -0.136. The van der Waals surface area contributed by atoms with Crippen LogP contribution >= 0.6 is 0 Å². The zero-order valence-electron chi connectivity index (χ0n) is 41.7. The highest BCUT2D eigenvalue weighted by molar-refractivity contribution is 5.72. The predicted molar refractivity (Wildman–Crippen MR) is 260 cm³/mol. The lowest BCUT2D eigenvalue weighted by Gasteiger charge is -2.37. The van der Waals surface area contributed by atoms with Gasteiger partial charge in [0, 0.05) is 12.6 Å². The fourth-order valence-electron chi connectivity index (χ4n) is 6.82. The van der Waals surface area contributed by atoms with Crippen LogP contribution < -0.4 is 14.8 Å². The number of carbonyl (C=O) groups excluding carboxylic acids is 1. The van der Waals surface area contributed by atoms with Crippen molar-refractivity contribution in [2.75, 3.05) is 172 Å². The molecule has 0 saturated heterocycles. The first-order valence-electron chi connectivity index (χ1n) is 24.3. The fraction of sp³-hybridized carbons (Fsp3) is 0.528. The molecular weight excluding hydrogens is 967 g/mol. The molecule has 0 aromatic heterocycles. The van der Waals surface area contributed by atoms with E-state index in [1.54, 1.807) is 7.11 Å². The Kier molecular flexibility index (Phi) is 32.4. The van der Waals surface area contributed by atoms with Gasteiger partial charge < -0.3 is 66.3 Å². The van der Waals surface area contributed by atoms with Gasteiger partial charge in [0.25, 0.3) is 0 Å². The van der Waals surface area contributed by atoms with Gasteiger partial charge in [0.05, 0.1) is 178 Å². The standard InChI is InChI=1S/C53H71F4NO15/c1-60-46-14-12-45(13-15-46)53(43-8-4-2-5-9-43,44-10-6-3-7-11-44)58-17-19-62-21-23-64-25-27-66-29-31-68-33-35-70-37-39-72-41-40-71-38-36-69-34-32-67-30-28-65-26-24-63-22-20-61-18-16-49(59)73-52-50(56)47(54)42-48(55)51(52)57/h2-15,42,58H,16-41H2,1H3. The van der Waals surface area contributed by atoms with Gasteiger partial charge in [0.15, 0.2) is 11.6 Å². The molecule has 0 spiro atoms. The summed E-state index contributed by atoms with van der Waals surface area (Å²) in [5, 5.41) is 3.82. The van der Waals surface area contributed by atoms with Crippen molar-refractivity contribution in [3.63, 3.8) is 0 Å². The molecule has 0 heterocycles. The number of esters is 1. The maximum absolute atomic E-state index is 13.6. The first kappa shape index (κ1) is 60.9. The Morgan fingerprint density at radius 1 is 0.411 bits per heavy atom. The lowest BCUT2D eigenvalue weighted by atomic mass is 9.77. The normalized spacial score (nSPS) is 11.6. The predicted octanol–water partition coefficient (Wildman–Crippen LogP) is 6.33. The quantitative estimate of drug-likeness (QED) is 0.0131. The molecule has 1 N–H and O–H groups in total. The summed E-state index contributed by atoms with van der Waals surface area (Å²) in [4.78, 5) is 11.7. The van der Waals surface area contributed by atoms with Gasteiger partial charge in [-0.2, -0.15) is 8.78 Å². The highest BCUT2D eigenvalue weighted by Crippen LogP contribution is 2.37. The molecule has 0 atom stereocenters. The van der Waals surface area contributed by atoms with Gasteiger partial charge in [0.1, 0.15) is 5.75 Å². The van der Waals surface area contributed by atoms with Crippen LogP contribution in [0.3, 0.4) is 0 Å². The molecule has 0 aliphatic heterocycles. The second-order valence-corrected chi connectivity index (χ2v) is 15.5. The Morgan fingerprint density at radius 3 is 1.04 bits per heavy atom. The Hall–Kier alpha value is -4.65. The van der Waals surface area contributed by atoms with Gasteiger partial charge in [-0.25, -0.2) is 8.78 Å². The number of nitrogens with one attached hydrogen (secondary N) is 1. The summed E-state index contributed by atoms with van der Waals surface area (Å²) in [5.41, 5.74) is 2.77. The number of ether oxygens (including phenoxy) is 14. The van der Waals surface area contributed by atoms with Crippen LogP contribution in [0.15, 0.2) is 91.0 Å². The van der Waals surface area contributed by atoms with Crippen molar-refractivity contribution in [2.45, 2.75) is 12.0 Å². The Morgan fingerprint density at radius 2 is 0.712 bits per heavy atom. The van der Waals surface area contributed by atoms with Crippen molar-refractivity contribution in [3.8, 4) is 11.5 Å². The van der Waals surface area contributed by atoms with Crippen LogP contribution in [0.25, 0.3) is 0 Å². The Balaban J connectivity index is 0.823. The fourth-order valence-corrected chi connectivity index (χ4v) is 6.82. The molecule has 73 heavy (non-hydrogen) atoms. The van der Waals surface area contributed by atoms with E-state index in [9.17, 15) is 22.4 Å². The van der Waals surface area contributed by atoms with E-state index in [1.807, 2.05) is 24.3 Å². The molecule has 4 aromatic rings. The first-order chi connectivity index (χ1) is 35.9. The topological polar surface area (TPSA) is 158 Å². The lowest BCUT2D eigenvalue weighted by Crippen LogP contribution is -2.46. The molecule has 0 saturated carbocycles. The number of rotatable bonds is 45. The third-order valence-electron chi connectivity index (χ3n) is 10.4. The van der Waals surface area contributed by atoms with Gasteiger partial charge in [-0.05, 0) is 28.8 Å². The Labute approximate surface area is 425 Å². The molecule has 0 aliphatic carbocycles. The molecule has 4 rings (SSSR count). The second kappa shape index (κ2) is 38.9. The number of carbonyl (C=O) groups is 1. The third-order valence-corrected chi connectivity index (χ3v) is 10.4. The zero-order chi connectivity index (χ0) is 51.9. The van der Waals surface area contributed by atoms with Gasteiger partial charge in [-0.1, -0.05) is 72.8 Å². The van der Waals surface area contributed by atoms with E-state index >= 15 is 0 Å². The monoisotopic (exact) mass is 1040 g/mol. The van der Waals surface area contributed by atoms with E-state index in [2.05, 4.69) is 70.7 Å². The molecule has 0 unspecified atom stereocenters. The largest absolute Gasteiger partial charge is 0.497 e. The van der Waals surface area contributed by atoms with Crippen LogP contribution in [0, 0.1) is 23.3 Å². The second-order valence-electron chi connectivity index (χ2n) is 15.5. The van der Waals surface area contributed by atoms with Crippen LogP contribution in [-0.2, 0) is 67.2 Å². The number of hydrogen-bond donors (Lipinski definition) is 1. The molecule has 0 fully saturated rings. The summed E-state index contributed by atoms with van der Waals surface area (Å²) >= 11 is 0. The molecule has 0 radical (unpaired) electrons. The van der Waals surface area contributed by atoms with Crippen LogP contribution in [-0.4, -0.2) is 178 Å². The van der Waals surface area contributed by atoms with Crippen molar-refractivity contribution in [2.24, 2.45) is 0 Å². The van der Waals surface area contributed by atoms with E-state index in [0.717, 1.165) is 22.4 Å². The van der Waals surface area contributed by atoms with Crippen LogP contribution in [0.2, 0.25) is 0 Å². The molecule has 20 heteroatoms. The number of hydrogen-bond acceptors (Lipinski definition) is 16. The van der Waals surface area contributed by atoms with Gasteiger partial charge in [-0.3, -0.25) is 10.1 Å². The summed E-state index contributed by atoms with van der Waals surface area (Å²) < 4.78 is 130. The summed E-state index contributed by atoms with van der Waals surface area (Å²) in [7, 11) is 1.67. The summed E-state index contributed by atoms with van der Waals surface area (Å²) in [6, 6.07) is 29.1. The maximum atomic E-state index is 13.6. The van der Waals surface area contributed by atoms with Crippen molar-refractivity contribution in [1.29, 1.82) is 0 Å². The van der Waals surface area contributed by atoms with Crippen LogP contribution in [0.1, 0.15) is 23.1 Å². The molecular formula is C53H71F4NO15. The minimum atomic E-state index is -1.80. The molecule has 0 bridgehead atoms. The number of methoxy groups -OCH3 is 1. The van der Waals surface area contributed by atoms with Crippen molar-refractivity contribution in [3.05, 3.63) is 131 Å². The number of halogens is 4. The first-order valence-corrected chi connectivity index (χ1v) is 24.3. The summed E-state index contributed by atoms with van der Waals surface area (Å²) in [5.74, 6) is -8.70. The molecule has 0 amide bonds. The minimum absolute atomic E-state index is 0.0187. The van der Waals surface area contributed by atoms with E-state index in [0.29, 0.717) is 145 Å². The van der Waals surface area contributed by atoms with Crippen molar-refractivity contribution >= 4 is 5.97 Å². The van der Waals surface area contributed by atoms with E-state index in [1.165, 1.54) is 0 Å². The van der Waals surface area contributed by atoms with Crippen LogP contribution in [0.4, 0.5) is 17.6 Å². The Bertz CT molecular complexity index is 1950. The molecule has 4 aromatic carbocycles. The number of benzene rings is 4. The van der Waals surface area contributed by atoms with Crippen molar-refractivity contribution < 1.29 is 88.7 Å². The van der Waals surface area contributed by atoms with Gasteiger partial charge in [-0.15, -0.1) is 0 Å². The smallest absolute Gasteiger partial charge is 0.313 e. The highest BCUT2D eigenvalue weighted by atomic mass is 19.2. The van der Waals surface area contributed by atoms with E-state index < -0.39 is 46.9 Å².